The summed E-state index contributed by atoms with van der Waals surface area (Å²) >= 11 is 16.0. The number of benzene rings is 3. The number of piperazine rings is 1. The number of fused-ring (bicyclic) bond motifs is 7. The number of hydrogen-bond acceptors (Lipinski definition) is 16. The average Bonchev–Trinajstić information content (AvgIpc) is 3.78. The third-order valence-electron chi connectivity index (χ3n) is 14.2. The molecule has 0 radical (unpaired) electrons. The minimum atomic E-state index is -1.47. The van der Waals surface area contributed by atoms with Crippen molar-refractivity contribution in [1.82, 2.24) is 29.7 Å². The minimum absolute atomic E-state index is 0.0268. The summed E-state index contributed by atoms with van der Waals surface area (Å²) in [7, 11) is 2.10. The maximum absolute atomic E-state index is 14.4. The molecule has 20 heteroatoms. The lowest BCUT2D eigenvalue weighted by Crippen LogP contribution is -2.49. The Balaban J connectivity index is 0.974. The first-order valence-corrected chi connectivity index (χ1v) is 26.5. The summed E-state index contributed by atoms with van der Waals surface area (Å²) in [6, 6.07) is 13.3. The van der Waals surface area contributed by atoms with Crippen LogP contribution in [0.15, 0.2) is 61.1 Å². The molecule has 1 aliphatic carbocycles. The lowest BCUT2D eigenvalue weighted by molar-refractivity contribution is -0.145. The highest BCUT2D eigenvalue weighted by Gasteiger charge is 2.42. The van der Waals surface area contributed by atoms with Gasteiger partial charge in [0.25, 0.3) is 0 Å². The predicted octanol–water partition coefficient (Wildman–Crippen LogP) is 8.79. The highest BCUT2D eigenvalue weighted by atomic mass is 35.5. The van der Waals surface area contributed by atoms with Crippen LogP contribution in [0.3, 0.4) is 0 Å². The summed E-state index contributed by atoms with van der Waals surface area (Å²) in [5.74, 6) is 0.262. The second-order valence-electron chi connectivity index (χ2n) is 19.3. The van der Waals surface area contributed by atoms with Gasteiger partial charge in [0.05, 0.1) is 72.8 Å². The van der Waals surface area contributed by atoms with Gasteiger partial charge in [0, 0.05) is 61.3 Å². The van der Waals surface area contributed by atoms with Crippen LogP contribution in [0.4, 0.5) is 4.39 Å². The number of aliphatic carboxylic acids is 1. The fourth-order valence-electron chi connectivity index (χ4n) is 9.87. The summed E-state index contributed by atoms with van der Waals surface area (Å²) in [5.41, 5.74) is 4.08. The van der Waals surface area contributed by atoms with Crippen LogP contribution in [0.2, 0.25) is 10.0 Å². The number of likely N-dealkylation sites (N-methyl/N-ethyl adjacent to an activating group) is 1. The van der Waals surface area contributed by atoms with Crippen molar-refractivity contribution in [2.75, 3.05) is 92.6 Å². The van der Waals surface area contributed by atoms with Gasteiger partial charge in [-0.15, -0.1) is 11.3 Å². The van der Waals surface area contributed by atoms with Gasteiger partial charge in [-0.3, -0.25) is 4.90 Å². The van der Waals surface area contributed by atoms with Crippen molar-refractivity contribution in [3.8, 4) is 44.7 Å². The molecule has 0 unspecified atom stereocenters. The number of thiophene rings is 1. The summed E-state index contributed by atoms with van der Waals surface area (Å²) in [4.78, 5) is 38.2. The third kappa shape index (κ3) is 11.6. The van der Waals surface area contributed by atoms with Gasteiger partial charge in [-0.25, -0.2) is 29.1 Å². The van der Waals surface area contributed by atoms with E-state index in [0.717, 1.165) is 45.4 Å². The van der Waals surface area contributed by atoms with E-state index in [4.69, 9.17) is 71.1 Å². The van der Waals surface area contributed by atoms with Gasteiger partial charge in [0.1, 0.15) is 59.7 Å². The van der Waals surface area contributed by atoms with Crippen LogP contribution in [-0.4, -0.2) is 152 Å². The number of ether oxygens (including phenoxy) is 8. The normalized spacial score (nSPS) is 20.3. The molecule has 1 N–H and O–H groups in total. The molecule has 392 valence electrons. The fourth-order valence-corrected chi connectivity index (χ4v) is 11.5. The molecule has 6 aromatic rings. The second-order valence-corrected chi connectivity index (χ2v) is 21.1. The monoisotopic (exact) mass is 1070 g/mol. The van der Waals surface area contributed by atoms with Gasteiger partial charge < -0.3 is 47.9 Å². The molecule has 0 amide bonds. The topological polar surface area (TPSA) is 169 Å². The van der Waals surface area contributed by atoms with Crippen LogP contribution in [-0.2, 0) is 42.2 Å². The third-order valence-corrected chi connectivity index (χ3v) is 16.2. The summed E-state index contributed by atoms with van der Waals surface area (Å²) in [6.45, 7) is 11.4. The number of hydrogen-bond donors (Lipinski definition) is 1. The molecule has 5 aliphatic rings. The van der Waals surface area contributed by atoms with Crippen LogP contribution in [0.1, 0.15) is 47.5 Å². The van der Waals surface area contributed by atoms with Gasteiger partial charge in [-0.2, -0.15) is 0 Å². The van der Waals surface area contributed by atoms with Crippen molar-refractivity contribution in [3.63, 3.8) is 0 Å². The molecule has 0 spiro atoms. The Morgan fingerprint density at radius 2 is 1.70 bits per heavy atom. The zero-order valence-electron chi connectivity index (χ0n) is 41.6. The Bertz CT molecular complexity index is 2920. The van der Waals surface area contributed by atoms with Crippen LogP contribution in [0, 0.1) is 19.7 Å². The van der Waals surface area contributed by atoms with Crippen molar-refractivity contribution < 1.29 is 52.2 Å². The average molecular weight is 1070 g/mol. The first-order chi connectivity index (χ1) is 35.9. The van der Waals surface area contributed by atoms with Crippen molar-refractivity contribution in [3.05, 3.63) is 105 Å². The standard InChI is InChI=1S/C54H59Cl2FN6O10S/c1-32-43-33(2)47(56)48(46(32)55)72-39(25-63-17-15-62(3)16-18-63)29-70-38-9-10-41(71-26-37-11-14-58-53(61-37)54(12-4-13-54)30-68-20-19-66-27-40-28-67-21-22-69-40)35(23-38)24-42(52(64)65)73-50-45-44(43)49(74-51(45)60-31-59-50)34-5-7-36(57)8-6-34/h5-11,14,23,31,39-40,42H,4,12-13,15-22,24-30H2,1-3H3,(H,64,65)/t39-,40+,42-/m1/s1. The van der Waals surface area contributed by atoms with Crippen LogP contribution >= 0.6 is 34.5 Å². The largest absolute Gasteiger partial charge is 0.490 e. The molecule has 7 heterocycles. The number of carbonyl (C=O) groups is 1. The van der Waals surface area contributed by atoms with Crippen LogP contribution < -0.4 is 18.9 Å². The van der Waals surface area contributed by atoms with Crippen LogP contribution in [0.5, 0.6) is 23.1 Å². The maximum atomic E-state index is 14.4. The molecule has 4 aliphatic heterocycles. The lowest BCUT2D eigenvalue weighted by atomic mass is 9.68. The fraction of sp³-hybridized carbons (Fsp3) is 0.463. The van der Waals surface area contributed by atoms with E-state index in [1.807, 2.05) is 19.9 Å². The van der Waals surface area contributed by atoms with Crippen LogP contribution in [0.25, 0.3) is 31.8 Å². The number of carboxylic acids is 1. The first kappa shape index (κ1) is 52.2. The molecule has 2 saturated heterocycles. The molecule has 3 atom stereocenters. The van der Waals surface area contributed by atoms with Crippen molar-refractivity contribution >= 4 is 50.7 Å². The van der Waals surface area contributed by atoms with Crippen molar-refractivity contribution in [1.29, 1.82) is 0 Å². The van der Waals surface area contributed by atoms with Crippen molar-refractivity contribution in [2.24, 2.45) is 0 Å². The Morgan fingerprint density at radius 3 is 2.43 bits per heavy atom. The van der Waals surface area contributed by atoms with E-state index < -0.39 is 24.0 Å². The number of rotatable bonds is 15. The molecule has 11 rings (SSSR count). The SMILES string of the molecule is Cc1c(Cl)c2c(Cl)c(C)c1-c1c(-c3ccc(F)cc3)sc3ncnc(c13)O[C@@H](C(=O)O)Cc1cc(ccc1OCc1ccnc(C3(COCCOC[C@H]4COCCO4)CCC3)n1)OC[C@@H](CN1CCN(C)CC1)O2. The molecule has 3 aromatic heterocycles. The Labute approximate surface area is 442 Å². The molecule has 16 nitrogen and oxygen atoms in total. The van der Waals surface area contributed by atoms with Gasteiger partial charge in [-0.05, 0) is 92.4 Å². The molecular formula is C54H59Cl2FN6O10S. The van der Waals surface area contributed by atoms with E-state index in [2.05, 4.69) is 26.8 Å². The highest BCUT2D eigenvalue weighted by molar-refractivity contribution is 7.22. The first-order valence-electron chi connectivity index (χ1n) is 25.0. The molecule has 4 bridgehead atoms. The molecule has 1 saturated carbocycles. The zero-order chi connectivity index (χ0) is 51.3. The summed E-state index contributed by atoms with van der Waals surface area (Å²) in [6.07, 6.45) is 3.66. The van der Waals surface area contributed by atoms with Gasteiger partial charge in [0.2, 0.25) is 12.0 Å². The van der Waals surface area contributed by atoms with E-state index in [1.165, 1.54) is 29.8 Å². The smallest absolute Gasteiger partial charge is 0.345 e. The van der Waals surface area contributed by atoms with Crippen molar-refractivity contribution in [2.45, 2.75) is 69.9 Å². The zero-order valence-corrected chi connectivity index (χ0v) is 43.9. The second kappa shape index (κ2) is 23.3. The predicted molar refractivity (Wildman–Crippen MR) is 278 cm³/mol. The molecule has 3 aromatic carbocycles. The Kier molecular flexibility index (Phi) is 16.4. The van der Waals surface area contributed by atoms with E-state index >= 15 is 0 Å². The van der Waals surface area contributed by atoms with E-state index in [-0.39, 0.29) is 37.0 Å². The summed E-state index contributed by atoms with van der Waals surface area (Å²) < 4.78 is 64.0. The quantitative estimate of drug-likeness (QED) is 0.0968. The van der Waals surface area contributed by atoms with Gasteiger partial charge in [0.15, 0.2) is 5.75 Å². The minimum Gasteiger partial charge on any atom is -0.490 e. The molecule has 3 fully saturated rings. The van der Waals surface area contributed by atoms with E-state index in [1.54, 1.807) is 36.5 Å². The Morgan fingerprint density at radius 1 is 0.919 bits per heavy atom. The van der Waals surface area contributed by atoms with Gasteiger partial charge >= 0.3 is 5.97 Å². The molecular weight excluding hydrogens is 1010 g/mol. The number of nitrogens with zero attached hydrogens (tertiary/aromatic N) is 6. The number of halogens is 3. The summed E-state index contributed by atoms with van der Waals surface area (Å²) in [5, 5.41) is 12.0. The number of aromatic nitrogens is 4. The van der Waals surface area contributed by atoms with Gasteiger partial charge in [-0.1, -0.05) is 41.8 Å². The lowest BCUT2D eigenvalue weighted by Gasteiger charge is -2.40. The van der Waals surface area contributed by atoms with E-state index in [0.29, 0.717) is 140 Å². The molecule has 74 heavy (non-hydrogen) atoms. The maximum Gasteiger partial charge on any atom is 0.345 e. The van der Waals surface area contributed by atoms with E-state index in [9.17, 15) is 14.3 Å². The number of carboxylic acid groups (broad SMARTS) is 1. The Hall–Kier alpha value is -5.28. The highest BCUT2D eigenvalue weighted by Crippen LogP contribution is 2.53.